The summed E-state index contributed by atoms with van der Waals surface area (Å²) in [4.78, 5) is 11.8. The molecule has 0 aliphatic carbocycles. The third-order valence-electron chi connectivity index (χ3n) is 1.47. The zero-order valence-corrected chi connectivity index (χ0v) is 13.7. The lowest BCUT2D eigenvalue weighted by atomic mass is 10.1. The average Bonchev–Trinajstić information content (AvgIpc) is 2.25. The SMILES string of the molecule is C=C(Br)/C=C(\C(=C)OC)C(=O)OC(C)(C)C.CC. The van der Waals surface area contributed by atoms with Crippen LogP contribution in [0.25, 0.3) is 0 Å². The molecule has 0 bridgehead atoms. The van der Waals surface area contributed by atoms with Gasteiger partial charge in [0.1, 0.15) is 16.9 Å². The molecule has 3 nitrogen and oxygen atoms in total. The summed E-state index contributed by atoms with van der Waals surface area (Å²) in [7, 11) is 1.44. The van der Waals surface area contributed by atoms with E-state index >= 15 is 0 Å². The first-order chi connectivity index (χ1) is 8.17. The van der Waals surface area contributed by atoms with E-state index in [0.717, 1.165) is 0 Å². The second-order valence-electron chi connectivity index (χ2n) is 4.13. The van der Waals surface area contributed by atoms with Gasteiger partial charge in [-0.3, -0.25) is 0 Å². The molecule has 18 heavy (non-hydrogen) atoms. The maximum Gasteiger partial charge on any atom is 0.342 e. The summed E-state index contributed by atoms with van der Waals surface area (Å²) in [6.45, 7) is 16.6. The molecule has 0 rings (SSSR count). The summed E-state index contributed by atoms with van der Waals surface area (Å²) in [5.41, 5.74) is -0.308. The standard InChI is InChI=1S/C12H17BrO3.C2H6/c1-8(13)7-10(9(2)15-6)11(14)16-12(3,4)5;1-2/h7H,1-2H2,3-6H3;1-2H3/b10-7+;. The minimum Gasteiger partial charge on any atom is -0.496 e. The molecule has 0 N–H and O–H groups in total. The van der Waals surface area contributed by atoms with Crippen molar-refractivity contribution in [1.82, 2.24) is 0 Å². The molecule has 0 aromatic rings. The molecular formula is C14H23BrO3. The summed E-state index contributed by atoms with van der Waals surface area (Å²) >= 11 is 3.15. The van der Waals surface area contributed by atoms with E-state index in [4.69, 9.17) is 9.47 Å². The molecule has 0 radical (unpaired) electrons. The van der Waals surface area contributed by atoms with Crippen LogP contribution >= 0.6 is 15.9 Å². The number of ether oxygens (including phenoxy) is 2. The largest absolute Gasteiger partial charge is 0.496 e. The first-order valence-corrected chi connectivity index (χ1v) is 6.49. The lowest BCUT2D eigenvalue weighted by Gasteiger charge is -2.20. The number of rotatable bonds is 4. The number of hydrogen-bond acceptors (Lipinski definition) is 3. The minimum atomic E-state index is -0.558. The Morgan fingerprint density at radius 1 is 1.22 bits per heavy atom. The summed E-state index contributed by atoms with van der Waals surface area (Å²) in [6.07, 6.45) is 1.51. The van der Waals surface area contributed by atoms with Crippen molar-refractivity contribution in [3.8, 4) is 0 Å². The Morgan fingerprint density at radius 2 is 1.67 bits per heavy atom. The van der Waals surface area contributed by atoms with E-state index in [-0.39, 0.29) is 11.3 Å². The lowest BCUT2D eigenvalue weighted by molar-refractivity contribution is -0.149. The van der Waals surface area contributed by atoms with E-state index < -0.39 is 11.6 Å². The molecule has 0 atom stereocenters. The highest BCUT2D eigenvalue weighted by Gasteiger charge is 2.22. The fourth-order valence-electron chi connectivity index (χ4n) is 0.853. The van der Waals surface area contributed by atoms with Gasteiger partial charge < -0.3 is 9.47 Å². The number of allylic oxidation sites excluding steroid dienone is 2. The molecular weight excluding hydrogens is 296 g/mol. The van der Waals surface area contributed by atoms with Gasteiger partial charge in [0.2, 0.25) is 0 Å². The summed E-state index contributed by atoms with van der Waals surface area (Å²) in [5.74, 6) is -0.241. The van der Waals surface area contributed by atoms with Gasteiger partial charge >= 0.3 is 5.97 Å². The van der Waals surface area contributed by atoms with E-state index in [2.05, 4.69) is 29.1 Å². The number of hydrogen-bond donors (Lipinski definition) is 0. The predicted molar refractivity (Wildman–Crippen MR) is 79.5 cm³/mol. The number of carbonyl (C=O) groups is 1. The molecule has 0 aliphatic heterocycles. The van der Waals surface area contributed by atoms with Crippen molar-refractivity contribution in [2.75, 3.05) is 7.11 Å². The molecule has 0 fully saturated rings. The minimum absolute atomic E-state index is 0.245. The van der Waals surface area contributed by atoms with Crippen LogP contribution in [0.5, 0.6) is 0 Å². The van der Waals surface area contributed by atoms with Crippen molar-refractivity contribution < 1.29 is 14.3 Å². The fourth-order valence-corrected chi connectivity index (χ4v) is 1.08. The Labute approximate surface area is 119 Å². The van der Waals surface area contributed by atoms with E-state index in [9.17, 15) is 4.79 Å². The average molecular weight is 319 g/mol. The Bertz CT molecular complexity index is 335. The van der Waals surface area contributed by atoms with Crippen LogP contribution in [0, 0.1) is 0 Å². The molecule has 4 heteroatoms. The molecule has 0 saturated carbocycles. The molecule has 0 aliphatic rings. The summed E-state index contributed by atoms with van der Waals surface area (Å²) in [6, 6.07) is 0. The van der Waals surface area contributed by atoms with Gasteiger partial charge in [-0.2, -0.15) is 0 Å². The summed E-state index contributed by atoms with van der Waals surface area (Å²) < 4.78 is 10.7. The third kappa shape index (κ3) is 9.05. The zero-order chi connectivity index (χ0) is 14.9. The third-order valence-corrected chi connectivity index (χ3v) is 1.70. The van der Waals surface area contributed by atoms with Crippen LogP contribution in [0.15, 0.2) is 35.0 Å². The first kappa shape index (κ1) is 19.3. The zero-order valence-electron chi connectivity index (χ0n) is 12.1. The molecule has 104 valence electrons. The van der Waals surface area contributed by atoms with Gasteiger partial charge in [0.15, 0.2) is 0 Å². The monoisotopic (exact) mass is 318 g/mol. The van der Waals surface area contributed by atoms with Gasteiger partial charge in [0.25, 0.3) is 0 Å². The van der Waals surface area contributed by atoms with Crippen molar-refractivity contribution in [2.24, 2.45) is 0 Å². The van der Waals surface area contributed by atoms with Crippen molar-refractivity contribution in [3.63, 3.8) is 0 Å². The van der Waals surface area contributed by atoms with Crippen LogP contribution in [-0.2, 0) is 14.3 Å². The van der Waals surface area contributed by atoms with Crippen LogP contribution in [0.2, 0.25) is 0 Å². The van der Waals surface area contributed by atoms with Crippen molar-refractivity contribution in [1.29, 1.82) is 0 Å². The van der Waals surface area contributed by atoms with Gasteiger partial charge in [0.05, 0.1) is 7.11 Å². The van der Waals surface area contributed by atoms with Gasteiger partial charge in [-0.15, -0.1) is 0 Å². The van der Waals surface area contributed by atoms with Crippen LogP contribution in [0.3, 0.4) is 0 Å². The van der Waals surface area contributed by atoms with Crippen molar-refractivity contribution in [2.45, 2.75) is 40.2 Å². The Morgan fingerprint density at radius 3 is 1.94 bits per heavy atom. The predicted octanol–water partition coefficient (Wildman–Crippen LogP) is 4.35. The fraction of sp³-hybridized carbons (Fsp3) is 0.500. The normalized spacial score (nSPS) is 10.9. The highest BCUT2D eigenvalue weighted by Crippen LogP contribution is 2.19. The summed E-state index contributed by atoms with van der Waals surface area (Å²) in [5, 5.41) is 0. The van der Waals surface area contributed by atoms with Gasteiger partial charge in [-0.05, 0) is 26.8 Å². The van der Waals surface area contributed by atoms with E-state index in [1.807, 2.05) is 13.8 Å². The smallest absolute Gasteiger partial charge is 0.342 e. The van der Waals surface area contributed by atoms with Gasteiger partial charge in [-0.25, -0.2) is 4.79 Å². The molecule has 0 heterocycles. The highest BCUT2D eigenvalue weighted by molar-refractivity contribution is 9.11. The van der Waals surface area contributed by atoms with Crippen molar-refractivity contribution >= 4 is 21.9 Å². The highest BCUT2D eigenvalue weighted by atomic mass is 79.9. The number of methoxy groups -OCH3 is 1. The second-order valence-corrected chi connectivity index (χ2v) is 5.15. The van der Waals surface area contributed by atoms with Crippen LogP contribution in [0.4, 0.5) is 0 Å². The Hall–Kier alpha value is -1.03. The molecule has 0 amide bonds. The molecule has 0 aromatic carbocycles. The second kappa shape index (κ2) is 8.97. The van der Waals surface area contributed by atoms with Gasteiger partial charge in [0, 0.05) is 4.48 Å². The quantitative estimate of drug-likeness (QED) is 0.334. The molecule has 0 spiro atoms. The number of halogens is 1. The molecule has 0 unspecified atom stereocenters. The van der Waals surface area contributed by atoms with Crippen LogP contribution < -0.4 is 0 Å². The molecule has 0 saturated heterocycles. The number of esters is 1. The lowest BCUT2D eigenvalue weighted by Crippen LogP contribution is -2.25. The molecule has 0 aromatic heterocycles. The van der Waals surface area contributed by atoms with E-state index in [0.29, 0.717) is 4.48 Å². The maximum absolute atomic E-state index is 11.8. The Balaban J connectivity index is 0. The van der Waals surface area contributed by atoms with Crippen LogP contribution in [-0.4, -0.2) is 18.7 Å². The maximum atomic E-state index is 11.8. The first-order valence-electron chi connectivity index (χ1n) is 5.70. The number of carbonyl (C=O) groups excluding carboxylic acids is 1. The van der Waals surface area contributed by atoms with Crippen molar-refractivity contribution in [3.05, 3.63) is 35.0 Å². The van der Waals surface area contributed by atoms with E-state index in [1.165, 1.54) is 13.2 Å². The Kier molecular flexibility index (Phi) is 9.63. The van der Waals surface area contributed by atoms with Crippen LogP contribution in [0.1, 0.15) is 34.6 Å². The van der Waals surface area contributed by atoms with Gasteiger partial charge in [-0.1, -0.05) is 42.9 Å². The van der Waals surface area contributed by atoms with E-state index in [1.54, 1.807) is 20.8 Å². The topological polar surface area (TPSA) is 35.5 Å².